The Labute approximate surface area is 130 Å². The molecule has 3 rings (SSSR count). The molecule has 1 atom stereocenters. The van der Waals surface area contributed by atoms with Gasteiger partial charge in [0.15, 0.2) is 6.10 Å². The van der Waals surface area contributed by atoms with Crippen LogP contribution in [0.5, 0.6) is 5.75 Å². The van der Waals surface area contributed by atoms with Crippen LogP contribution in [0.2, 0.25) is 5.02 Å². The summed E-state index contributed by atoms with van der Waals surface area (Å²) in [5.74, 6) is 0.610. The number of halogens is 1. The maximum Gasteiger partial charge on any atom is 0.269 e. The van der Waals surface area contributed by atoms with Crippen molar-refractivity contribution in [3.8, 4) is 5.75 Å². The van der Waals surface area contributed by atoms with Gasteiger partial charge < -0.3 is 4.74 Å². The van der Waals surface area contributed by atoms with Gasteiger partial charge in [-0.3, -0.25) is 14.9 Å². The molecule has 0 amide bonds. The Hall–Kier alpha value is -2.66. The zero-order chi connectivity index (χ0) is 15.7. The molecular formula is C16H10ClNO4. The summed E-state index contributed by atoms with van der Waals surface area (Å²) in [5, 5.41) is 11.3. The summed E-state index contributed by atoms with van der Waals surface area (Å²) in [6.07, 6.45) is 1.84. The first-order chi connectivity index (χ1) is 10.6. The Morgan fingerprint density at radius 1 is 1.18 bits per heavy atom. The Morgan fingerprint density at radius 3 is 2.55 bits per heavy atom. The van der Waals surface area contributed by atoms with Crippen LogP contribution in [0.4, 0.5) is 5.69 Å². The number of carbonyl (C=O) groups excluding carboxylic acids is 1. The van der Waals surface area contributed by atoms with Crippen LogP contribution in [-0.4, -0.2) is 11.2 Å². The lowest BCUT2D eigenvalue weighted by atomic mass is 9.97. The van der Waals surface area contributed by atoms with Gasteiger partial charge in [0.2, 0.25) is 0 Å². The number of fused-ring (bicyclic) bond motifs is 1. The first kappa shape index (κ1) is 14.3. The van der Waals surface area contributed by atoms with E-state index in [-0.39, 0.29) is 5.69 Å². The van der Waals surface area contributed by atoms with Gasteiger partial charge in [-0.25, -0.2) is 0 Å². The van der Waals surface area contributed by atoms with E-state index in [9.17, 15) is 14.9 Å². The second-order valence-corrected chi connectivity index (χ2v) is 5.23. The van der Waals surface area contributed by atoms with Gasteiger partial charge in [0, 0.05) is 28.3 Å². The van der Waals surface area contributed by atoms with Crippen LogP contribution in [0.25, 0.3) is 6.08 Å². The van der Waals surface area contributed by atoms with Crippen molar-refractivity contribution >= 4 is 29.7 Å². The average Bonchev–Trinajstić information content (AvgIpc) is 2.53. The molecule has 0 aliphatic carbocycles. The molecule has 0 saturated heterocycles. The first-order valence-corrected chi connectivity index (χ1v) is 6.83. The van der Waals surface area contributed by atoms with Gasteiger partial charge in [-0.05, 0) is 42.0 Å². The number of nitrogens with zero attached hydrogens (tertiary/aromatic N) is 1. The van der Waals surface area contributed by atoms with E-state index in [0.29, 0.717) is 21.9 Å². The summed E-state index contributed by atoms with van der Waals surface area (Å²) < 4.78 is 5.85. The third-order valence-corrected chi connectivity index (χ3v) is 3.62. The van der Waals surface area contributed by atoms with Crippen LogP contribution in [0.15, 0.2) is 48.0 Å². The molecule has 5 nitrogen and oxygen atoms in total. The molecule has 0 radical (unpaired) electrons. The highest BCUT2D eigenvalue weighted by molar-refractivity contribution is 6.30. The minimum atomic E-state index is -0.591. The molecule has 1 aliphatic rings. The van der Waals surface area contributed by atoms with Gasteiger partial charge in [-0.15, -0.1) is 0 Å². The van der Waals surface area contributed by atoms with Crippen molar-refractivity contribution in [1.82, 2.24) is 0 Å². The molecule has 0 fully saturated rings. The molecule has 6 heteroatoms. The summed E-state index contributed by atoms with van der Waals surface area (Å²) in [6.45, 7) is 0. The van der Waals surface area contributed by atoms with E-state index in [0.717, 1.165) is 11.8 Å². The van der Waals surface area contributed by atoms with Crippen LogP contribution >= 0.6 is 11.6 Å². The van der Waals surface area contributed by atoms with Crippen LogP contribution in [0, 0.1) is 10.1 Å². The standard InChI is InChI=1S/C16H10ClNO4/c17-13-3-6-15-11(8-13)7-12(9-19)16(22-15)10-1-4-14(5-2-10)18(20)21/h1-9,16H/t16-/m1/s1. The number of nitro groups is 1. The minimum absolute atomic E-state index is 0.0108. The number of aldehydes is 1. The van der Waals surface area contributed by atoms with Gasteiger partial charge in [0.1, 0.15) is 12.0 Å². The smallest absolute Gasteiger partial charge is 0.269 e. The molecule has 1 aliphatic heterocycles. The first-order valence-electron chi connectivity index (χ1n) is 6.46. The van der Waals surface area contributed by atoms with Gasteiger partial charge >= 0.3 is 0 Å². The molecule has 0 saturated carbocycles. The minimum Gasteiger partial charge on any atom is -0.480 e. The Balaban J connectivity index is 2.00. The highest BCUT2D eigenvalue weighted by atomic mass is 35.5. The van der Waals surface area contributed by atoms with Crippen molar-refractivity contribution in [3.63, 3.8) is 0 Å². The number of benzene rings is 2. The average molecular weight is 316 g/mol. The van der Waals surface area contributed by atoms with E-state index in [1.165, 1.54) is 12.1 Å². The van der Waals surface area contributed by atoms with Gasteiger partial charge in [-0.1, -0.05) is 11.6 Å². The highest BCUT2D eigenvalue weighted by Crippen LogP contribution is 2.37. The van der Waals surface area contributed by atoms with Crippen molar-refractivity contribution in [2.24, 2.45) is 0 Å². The number of carbonyl (C=O) groups is 1. The summed E-state index contributed by atoms with van der Waals surface area (Å²) in [6, 6.07) is 11.1. The zero-order valence-corrected chi connectivity index (χ0v) is 12.0. The van der Waals surface area contributed by atoms with Crippen molar-refractivity contribution in [2.75, 3.05) is 0 Å². The van der Waals surface area contributed by atoms with E-state index in [2.05, 4.69) is 0 Å². The molecule has 0 aromatic heterocycles. The number of nitro benzene ring substituents is 1. The molecule has 110 valence electrons. The Kier molecular flexibility index (Phi) is 3.65. The van der Waals surface area contributed by atoms with Gasteiger partial charge in [-0.2, -0.15) is 0 Å². The quantitative estimate of drug-likeness (QED) is 0.488. The maximum absolute atomic E-state index is 11.3. The molecule has 0 N–H and O–H groups in total. The summed E-state index contributed by atoms with van der Waals surface area (Å²) in [4.78, 5) is 21.5. The molecule has 0 bridgehead atoms. The van der Waals surface area contributed by atoms with E-state index >= 15 is 0 Å². The highest BCUT2D eigenvalue weighted by Gasteiger charge is 2.24. The van der Waals surface area contributed by atoms with E-state index < -0.39 is 11.0 Å². The molecule has 0 unspecified atom stereocenters. The number of rotatable bonds is 3. The van der Waals surface area contributed by atoms with Crippen LogP contribution in [-0.2, 0) is 4.79 Å². The lowest BCUT2D eigenvalue weighted by molar-refractivity contribution is -0.384. The van der Waals surface area contributed by atoms with Crippen LogP contribution in [0.1, 0.15) is 17.2 Å². The molecule has 22 heavy (non-hydrogen) atoms. The fraction of sp³-hybridized carbons (Fsp3) is 0.0625. The number of ether oxygens (including phenoxy) is 1. The third-order valence-electron chi connectivity index (χ3n) is 3.38. The predicted octanol–water partition coefficient (Wildman–Crippen LogP) is 3.96. The molecule has 2 aromatic rings. The van der Waals surface area contributed by atoms with Crippen molar-refractivity contribution in [2.45, 2.75) is 6.10 Å². The fourth-order valence-electron chi connectivity index (χ4n) is 2.32. The predicted molar refractivity (Wildman–Crippen MR) is 82.0 cm³/mol. The normalized spacial score (nSPS) is 16.2. The lowest BCUT2D eigenvalue weighted by Crippen LogP contribution is -2.15. The monoisotopic (exact) mass is 315 g/mol. The van der Waals surface area contributed by atoms with E-state index in [1.807, 2.05) is 0 Å². The van der Waals surface area contributed by atoms with Gasteiger partial charge in [0.25, 0.3) is 5.69 Å². The topological polar surface area (TPSA) is 69.4 Å². The number of non-ortho nitro benzene ring substituents is 1. The van der Waals surface area contributed by atoms with E-state index in [1.54, 1.807) is 36.4 Å². The number of hydrogen-bond donors (Lipinski definition) is 0. The lowest BCUT2D eigenvalue weighted by Gasteiger charge is -2.25. The van der Waals surface area contributed by atoms with Crippen LogP contribution in [0.3, 0.4) is 0 Å². The third kappa shape index (κ3) is 2.58. The molecular weight excluding hydrogens is 306 g/mol. The zero-order valence-electron chi connectivity index (χ0n) is 11.2. The molecule has 2 aromatic carbocycles. The summed E-state index contributed by atoms with van der Waals surface area (Å²) >= 11 is 5.93. The number of hydrogen-bond acceptors (Lipinski definition) is 4. The van der Waals surface area contributed by atoms with E-state index in [4.69, 9.17) is 16.3 Å². The van der Waals surface area contributed by atoms with Crippen LogP contribution < -0.4 is 4.74 Å². The van der Waals surface area contributed by atoms with Gasteiger partial charge in [0.05, 0.1) is 4.92 Å². The second-order valence-electron chi connectivity index (χ2n) is 4.79. The Bertz CT molecular complexity index is 783. The van der Waals surface area contributed by atoms with Crippen molar-refractivity contribution in [1.29, 1.82) is 0 Å². The largest absolute Gasteiger partial charge is 0.480 e. The van der Waals surface area contributed by atoms with Crippen molar-refractivity contribution in [3.05, 3.63) is 74.3 Å². The summed E-state index contributed by atoms with van der Waals surface area (Å²) in [7, 11) is 0. The fourth-order valence-corrected chi connectivity index (χ4v) is 2.50. The second kappa shape index (κ2) is 5.61. The molecule has 1 heterocycles. The maximum atomic E-state index is 11.3. The Morgan fingerprint density at radius 2 is 1.91 bits per heavy atom. The van der Waals surface area contributed by atoms with Crippen molar-refractivity contribution < 1.29 is 14.5 Å². The summed E-state index contributed by atoms with van der Waals surface area (Å²) in [5.41, 5.74) is 1.82. The molecule has 0 spiro atoms. The SMILES string of the molecule is O=CC1=Cc2cc(Cl)ccc2O[C@@H]1c1ccc([N+](=O)[O-])cc1.